The molecule has 0 atom stereocenters. The van der Waals surface area contributed by atoms with Crippen LogP contribution < -0.4 is 16.0 Å². The molecule has 8 nitrogen and oxygen atoms in total. The van der Waals surface area contributed by atoms with Crippen LogP contribution in [0, 0.1) is 6.92 Å². The number of carbonyl (C=O) groups excluding carboxylic acids is 2. The van der Waals surface area contributed by atoms with Crippen molar-refractivity contribution in [2.24, 2.45) is 0 Å². The van der Waals surface area contributed by atoms with Gasteiger partial charge in [-0.2, -0.15) is 0 Å². The Bertz CT molecular complexity index is 998. The molecule has 0 bridgehead atoms. The smallest absolute Gasteiger partial charge is 0.319 e. The van der Waals surface area contributed by atoms with E-state index < -0.39 is 0 Å². The fourth-order valence-corrected chi connectivity index (χ4v) is 2.73. The minimum absolute atomic E-state index is 0.0359. The molecular weight excluding hydrogens is 384 g/mol. The van der Waals surface area contributed by atoms with E-state index in [-0.39, 0.29) is 18.5 Å². The monoisotopic (exact) mass is 408 g/mol. The molecule has 1 heterocycles. The standard InChI is InChI=1S/C22H24N4O4/c1-15-6-8-16(9-7-15)21-25-19(13-30-21)10-11-23-22(28)26-18-5-3-4-17(12-18)24-20(27)14-29-2/h3-9,12-13H,10-11,14H2,1-2H3,(H,24,27)(H2,23,26,28). The maximum atomic E-state index is 12.1. The highest BCUT2D eigenvalue weighted by molar-refractivity contribution is 5.94. The normalized spacial score (nSPS) is 10.5. The van der Waals surface area contributed by atoms with Crippen molar-refractivity contribution in [3.05, 3.63) is 66.1 Å². The summed E-state index contributed by atoms with van der Waals surface area (Å²) in [7, 11) is 1.45. The van der Waals surface area contributed by atoms with E-state index in [1.807, 2.05) is 31.2 Å². The first-order valence-electron chi connectivity index (χ1n) is 9.48. The van der Waals surface area contributed by atoms with Crippen LogP contribution in [0.1, 0.15) is 11.3 Å². The molecule has 30 heavy (non-hydrogen) atoms. The molecule has 3 rings (SSSR count). The van der Waals surface area contributed by atoms with Gasteiger partial charge in [0.1, 0.15) is 12.9 Å². The molecule has 0 saturated carbocycles. The third kappa shape index (κ3) is 6.18. The van der Waals surface area contributed by atoms with Crippen molar-refractivity contribution in [1.82, 2.24) is 10.3 Å². The summed E-state index contributed by atoms with van der Waals surface area (Å²) in [4.78, 5) is 28.2. The van der Waals surface area contributed by atoms with Crippen LogP contribution in [-0.2, 0) is 16.0 Å². The number of rotatable bonds is 8. The average Bonchev–Trinajstić information content (AvgIpc) is 3.18. The first kappa shape index (κ1) is 21.1. The number of methoxy groups -OCH3 is 1. The molecule has 3 amide bonds. The van der Waals surface area contributed by atoms with E-state index in [0.29, 0.717) is 30.2 Å². The number of aromatic nitrogens is 1. The predicted octanol–water partition coefficient (Wildman–Crippen LogP) is 3.60. The first-order valence-corrected chi connectivity index (χ1v) is 9.48. The summed E-state index contributed by atoms with van der Waals surface area (Å²) in [5.41, 5.74) is 3.97. The van der Waals surface area contributed by atoms with Gasteiger partial charge in [0.05, 0.1) is 5.69 Å². The SMILES string of the molecule is COCC(=O)Nc1cccc(NC(=O)NCCc2coc(-c3ccc(C)cc3)n2)c1. The molecule has 2 aromatic carbocycles. The van der Waals surface area contributed by atoms with Gasteiger partial charge >= 0.3 is 6.03 Å². The van der Waals surface area contributed by atoms with Crippen molar-refractivity contribution in [2.45, 2.75) is 13.3 Å². The number of nitrogens with one attached hydrogen (secondary N) is 3. The summed E-state index contributed by atoms with van der Waals surface area (Å²) in [5.74, 6) is 0.290. The van der Waals surface area contributed by atoms with Gasteiger partial charge in [0.2, 0.25) is 11.8 Å². The molecular formula is C22H24N4O4. The average molecular weight is 408 g/mol. The fourth-order valence-electron chi connectivity index (χ4n) is 2.73. The highest BCUT2D eigenvalue weighted by atomic mass is 16.5. The van der Waals surface area contributed by atoms with E-state index in [9.17, 15) is 9.59 Å². The summed E-state index contributed by atoms with van der Waals surface area (Å²) in [5, 5.41) is 8.20. The minimum Gasteiger partial charge on any atom is -0.444 e. The number of hydrogen-bond acceptors (Lipinski definition) is 5. The second-order valence-electron chi connectivity index (χ2n) is 6.70. The zero-order valence-electron chi connectivity index (χ0n) is 16.9. The van der Waals surface area contributed by atoms with Crippen molar-refractivity contribution in [2.75, 3.05) is 30.9 Å². The van der Waals surface area contributed by atoms with Gasteiger partial charge in [-0.1, -0.05) is 23.8 Å². The van der Waals surface area contributed by atoms with Gasteiger partial charge in [-0.05, 0) is 37.3 Å². The molecule has 0 aliphatic rings. The van der Waals surface area contributed by atoms with Crippen LogP contribution in [0.4, 0.5) is 16.2 Å². The number of nitrogens with zero attached hydrogens (tertiary/aromatic N) is 1. The molecule has 3 aromatic rings. The zero-order valence-corrected chi connectivity index (χ0v) is 16.9. The van der Waals surface area contributed by atoms with Crippen molar-refractivity contribution >= 4 is 23.3 Å². The van der Waals surface area contributed by atoms with E-state index in [4.69, 9.17) is 9.15 Å². The molecule has 0 fully saturated rings. The Balaban J connectivity index is 1.46. The quantitative estimate of drug-likeness (QED) is 0.528. The number of ether oxygens (including phenoxy) is 1. The van der Waals surface area contributed by atoms with Gasteiger partial charge in [-0.15, -0.1) is 0 Å². The lowest BCUT2D eigenvalue weighted by Crippen LogP contribution is -2.30. The number of aryl methyl sites for hydroxylation is 1. The molecule has 3 N–H and O–H groups in total. The van der Waals surface area contributed by atoms with Crippen LogP contribution in [0.2, 0.25) is 0 Å². The van der Waals surface area contributed by atoms with Crippen LogP contribution in [0.5, 0.6) is 0 Å². The van der Waals surface area contributed by atoms with Gasteiger partial charge in [0.15, 0.2) is 0 Å². The third-order valence-corrected chi connectivity index (χ3v) is 4.20. The van der Waals surface area contributed by atoms with Crippen molar-refractivity contribution in [1.29, 1.82) is 0 Å². The summed E-state index contributed by atoms with van der Waals surface area (Å²) < 4.78 is 10.3. The lowest BCUT2D eigenvalue weighted by Gasteiger charge is -2.09. The summed E-state index contributed by atoms with van der Waals surface area (Å²) >= 11 is 0. The highest BCUT2D eigenvalue weighted by Gasteiger charge is 2.08. The number of anilines is 2. The molecule has 1 aromatic heterocycles. The lowest BCUT2D eigenvalue weighted by atomic mass is 10.1. The second kappa shape index (κ2) is 10.2. The Labute approximate surface area is 174 Å². The molecule has 0 aliphatic heterocycles. The maximum absolute atomic E-state index is 12.1. The van der Waals surface area contributed by atoms with E-state index in [2.05, 4.69) is 20.9 Å². The van der Waals surface area contributed by atoms with E-state index in [0.717, 1.165) is 11.3 Å². The van der Waals surface area contributed by atoms with Crippen molar-refractivity contribution < 1.29 is 18.7 Å². The topological polar surface area (TPSA) is 105 Å². The van der Waals surface area contributed by atoms with E-state index in [1.165, 1.54) is 12.7 Å². The second-order valence-corrected chi connectivity index (χ2v) is 6.70. The van der Waals surface area contributed by atoms with Crippen molar-refractivity contribution in [3.8, 4) is 11.5 Å². The van der Waals surface area contributed by atoms with Gasteiger partial charge in [-0.25, -0.2) is 9.78 Å². The lowest BCUT2D eigenvalue weighted by molar-refractivity contribution is -0.119. The number of carbonyl (C=O) groups is 2. The van der Waals surface area contributed by atoms with Gasteiger partial charge in [-0.3, -0.25) is 4.79 Å². The molecule has 156 valence electrons. The Morgan fingerprint density at radius 3 is 2.53 bits per heavy atom. The Morgan fingerprint density at radius 1 is 1.07 bits per heavy atom. The molecule has 0 radical (unpaired) electrons. The number of urea groups is 1. The highest BCUT2D eigenvalue weighted by Crippen LogP contribution is 2.19. The van der Waals surface area contributed by atoms with Crippen molar-refractivity contribution in [3.63, 3.8) is 0 Å². The van der Waals surface area contributed by atoms with Crippen LogP contribution in [0.15, 0.2) is 59.2 Å². The Morgan fingerprint density at radius 2 is 1.80 bits per heavy atom. The van der Waals surface area contributed by atoms with E-state index in [1.54, 1.807) is 30.5 Å². The van der Waals surface area contributed by atoms with Gasteiger partial charge in [0, 0.05) is 37.0 Å². The van der Waals surface area contributed by atoms with Crippen LogP contribution >= 0.6 is 0 Å². The maximum Gasteiger partial charge on any atom is 0.319 e. The van der Waals surface area contributed by atoms with Crippen LogP contribution in [0.3, 0.4) is 0 Å². The molecule has 0 aliphatic carbocycles. The summed E-state index contributed by atoms with van der Waals surface area (Å²) in [6.45, 7) is 2.39. The Kier molecular flexibility index (Phi) is 7.18. The van der Waals surface area contributed by atoms with Crippen LogP contribution in [-0.4, -0.2) is 37.2 Å². The first-order chi connectivity index (χ1) is 14.5. The number of benzene rings is 2. The summed E-state index contributed by atoms with van der Waals surface area (Å²) in [6, 6.07) is 14.4. The number of hydrogen-bond donors (Lipinski definition) is 3. The molecule has 0 unspecified atom stereocenters. The number of amides is 3. The summed E-state index contributed by atoms with van der Waals surface area (Å²) in [6.07, 6.45) is 2.14. The number of oxazole rings is 1. The minimum atomic E-state index is -0.349. The van der Waals surface area contributed by atoms with Crippen LogP contribution in [0.25, 0.3) is 11.5 Å². The molecule has 0 saturated heterocycles. The fraction of sp³-hybridized carbons (Fsp3) is 0.227. The van der Waals surface area contributed by atoms with Gasteiger partial charge < -0.3 is 25.1 Å². The third-order valence-electron chi connectivity index (χ3n) is 4.20. The Hall–Kier alpha value is -3.65. The predicted molar refractivity (Wildman–Crippen MR) is 114 cm³/mol. The molecule has 0 spiro atoms. The van der Waals surface area contributed by atoms with Gasteiger partial charge in [0.25, 0.3) is 0 Å². The molecule has 8 heteroatoms. The zero-order chi connectivity index (χ0) is 21.3. The largest absolute Gasteiger partial charge is 0.444 e. The van der Waals surface area contributed by atoms with E-state index >= 15 is 0 Å².